The Bertz CT molecular complexity index is 1100. The first-order valence-corrected chi connectivity index (χ1v) is 11.0. The van der Waals surface area contributed by atoms with E-state index in [0.29, 0.717) is 0 Å². The van der Waals surface area contributed by atoms with Crippen molar-refractivity contribution in [2.75, 3.05) is 26.2 Å². The van der Waals surface area contributed by atoms with Gasteiger partial charge in [0.25, 0.3) is 5.69 Å². The molecule has 1 heterocycles. The molecule has 1 fully saturated rings. The van der Waals surface area contributed by atoms with E-state index in [-0.39, 0.29) is 41.7 Å². The summed E-state index contributed by atoms with van der Waals surface area (Å²) in [5, 5.41) is 10.7. The molecule has 2 aromatic carbocycles. The van der Waals surface area contributed by atoms with Crippen LogP contribution in [0, 0.1) is 15.9 Å². The molecule has 0 bridgehead atoms. The molecule has 1 saturated heterocycles. The summed E-state index contributed by atoms with van der Waals surface area (Å²) in [6.07, 6.45) is 0. The summed E-state index contributed by atoms with van der Waals surface area (Å²) in [7, 11) is -7.85. The van der Waals surface area contributed by atoms with Gasteiger partial charge in [0.2, 0.25) is 20.0 Å². The van der Waals surface area contributed by atoms with Crippen molar-refractivity contribution in [3.05, 3.63) is 64.5 Å². The van der Waals surface area contributed by atoms with Gasteiger partial charge in [-0.05, 0) is 30.3 Å². The predicted molar refractivity (Wildman–Crippen MR) is 97.0 cm³/mol. The summed E-state index contributed by atoms with van der Waals surface area (Å²) in [5.41, 5.74) is -0.232. The van der Waals surface area contributed by atoms with E-state index in [4.69, 9.17) is 0 Å². The van der Waals surface area contributed by atoms with Gasteiger partial charge in [0.1, 0.15) is 5.82 Å². The Morgan fingerprint density at radius 2 is 1.32 bits per heavy atom. The maximum atomic E-state index is 13.3. The van der Waals surface area contributed by atoms with Gasteiger partial charge in [0.05, 0.1) is 14.7 Å². The van der Waals surface area contributed by atoms with E-state index >= 15 is 0 Å². The van der Waals surface area contributed by atoms with Crippen LogP contribution >= 0.6 is 0 Å². The van der Waals surface area contributed by atoms with Crippen LogP contribution in [0.1, 0.15) is 0 Å². The number of sulfonamides is 2. The first-order chi connectivity index (χ1) is 13.1. The molecule has 0 saturated carbocycles. The number of benzene rings is 2. The maximum Gasteiger partial charge on any atom is 0.269 e. The molecule has 0 amide bonds. The molecule has 0 spiro atoms. The SMILES string of the molecule is O=[N+]([O-])c1ccc(S(=O)(=O)N2CCN(S(=O)(=O)c3cccc(F)c3)CC2)cc1. The van der Waals surface area contributed by atoms with Gasteiger partial charge in [0, 0.05) is 38.3 Å². The fraction of sp³-hybridized carbons (Fsp3) is 0.250. The predicted octanol–water partition coefficient (Wildman–Crippen LogP) is 1.43. The minimum absolute atomic E-state index is 0.0894. The van der Waals surface area contributed by atoms with Crippen molar-refractivity contribution in [2.24, 2.45) is 0 Å². The quantitative estimate of drug-likeness (QED) is 0.524. The number of hydrogen-bond acceptors (Lipinski definition) is 6. The van der Waals surface area contributed by atoms with Crippen LogP contribution in [0.2, 0.25) is 0 Å². The topological polar surface area (TPSA) is 118 Å². The highest BCUT2D eigenvalue weighted by molar-refractivity contribution is 7.89. The summed E-state index contributed by atoms with van der Waals surface area (Å²) >= 11 is 0. The molecule has 28 heavy (non-hydrogen) atoms. The van der Waals surface area contributed by atoms with Gasteiger partial charge in [-0.15, -0.1) is 0 Å². The van der Waals surface area contributed by atoms with E-state index in [0.717, 1.165) is 45.0 Å². The minimum Gasteiger partial charge on any atom is -0.258 e. The summed E-state index contributed by atoms with van der Waals surface area (Å²) in [4.78, 5) is 9.75. The van der Waals surface area contributed by atoms with E-state index in [2.05, 4.69) is 0 Å². The molecule has 0 unspecified atom stereocenters. The Morgan fingerprint density at radius 1 is 0.821 bits per heavy atom. The molecular formula is C16H16FN3O6S2. The lowest BCUT2D eigenvalue weighted by molar-refractivity contribution is -0.384. The molecule has 0 aliphatic carbocycles. The third-order valence-electron chi connectivity index (χ3n) is 4.32. The third-order valence-corrected chi connectivity index (χ3v) is 8.12. The van der Waals surface area contributed by atoms with Crippen molar-refractivity contribution < 1.29 is 26.1 Å². The van der Waals surface area contributed by atoms with Crippen LogP contribution in [-0.4, -0.2) is 56.5 Å². The molecule has 2 aromatic rings. The van der Waals surface area contributed by atoms with Crippen molar-refractivity contribution in [1.82, 2.24) is 8.61 Å². The molecule has 150 valence electrons. The standard InChI is InChI=1S/C16H16FN3O6S2/c17-13-2-1-3-16(12-13)28(25,26)19-10-8-18(9-11-19)27(23,24)15-6-4-14(5-7-15)20(21)22/h1-7,12H,8-11H2. The van der Waals surface area contributed by atoms with Gasteiger partial charge in [-0.2, -0.15) is 8.61 Å². The van der Waals surface area contributed by atoms with Gasteiger partial charge < -0.3 is 0 Å². The number of hydrogen-bond donors (Lipinski definition) is 0. The van der Waals surface area contributed by atoms with Crippen LogP contribution in [0.25, 0.3) is 0 Å². The normalized spacial score (nSPS) is 16.8. The smallest absolute Gasteiger partial charge is 0.258 e. The first kappa shape index (κ1) is 20.3. The van der Waals surface area contributed by atoms with Crippen LogP contribution in [-0.2, 0) is 20.0 Å². The molecule has 9 nitrogen and oxygen atoms in total. The second-order valence-corrected chi connectivity index (χ2v) is 9.89. The highest BCUT2D eigenvalue weighted by Gasteiger charge is 2.34. The van der Waals surface area contributed by atoms with Crippen molar-refractivity contribution in [3.8, 4) is 0 Å². The zero-order valence-electron chi connectivity index (χ0n) is 14.4. The molecule has 0 N–H and O–H groups in total. The van der Waals surface area contributed by atoms with E-state index in [1.165, 1.54) is 12.1 Å². The third kappa shape index (κ3) is 3.90. The zero-order valence-corrected chi connectivity index (χ0v) is 16.1. The monoisotopic (exact) mass is 429 g/mol. The van der Waals surface area contributed by atoms with Crippen LogP contribution in [0.15, 0.2) is 58.3 Å². The molecule has 0 radical (unpaired) electrons. The fourth-order valence-corrected chi connectivity index (χ4v) is 5.69. The number of nitro groups is 1. The fourth-order valence-electron chi connectivity index (χ4n) is 2.82. The average molecular weight is 429 g/mol. The summed E-state index contributed by atoms with van der Waals surface area (Å²) in [5.74, 6) is -0.680. The van der Waals surface area contributed by atoms with Gasteiger partial charge in [-0.1, -0.05) is 6.07 Å². The largest absolute Gasteiger partial charge is 0.269 e. The Kier molecular flexibility index (Phi) is 5.48. The van der Waals surface area contributed by atoms with Crippen LogP contribution in [0.4, 0.5) is 10.1 Å². The van der Waals surface area contributed by atoms with E-state index < -0.39 is 30.8 Å². The Hall–Kier alpha value is -2.41. The van der Waals surface area contributed by atoms with E-state index in [9.17, 15) is 31.3 Å². The van der Waals surface area contributed by atoms with Crippen LogP contribution in [0.3, 0.4) is 0 Å². The molecule has 3 rings (SSSR count). The lowest BCUT2D eigenvalue weighted by Gasteiger charge is -2.33. The number of rotatable bonds is 5. The second-order valence-electron chi connectivity index (χ2n) is 6.02. The lowest BCUT2D eigenvalue weighted by atomic mass is 10.3. The lowest BCUT2D eigenvalue weighted by Crippen LogP contribution is -2.50. The van der Waals surface area contributed by atoms with Gasteiger partial charge in [-0.25, -0.2) is 21.2 Å². The first-order valence-electron chi connectivity index (χ1n) is 8.13. The molecule has 1 aliphatic rings. The average Bonchev–Trinajstić information content (AvgIpc) is 2.68. The van der Waals surface area contributed by atoms with Gasteiger partial charge in [-0.3, -0.25) is 10.1 Å². The molecule has 12 heteroatoms. The molecule has 1 aliphatic heterocycles. The Labute approximate surface area is 161 Å². The number of non-ortho nitro benzene ring substituents is 1. The van der Waals surface area contributed by atoms with Gasteiger partial charge in [0.15, 0.2) is 0 Å². The molecule has 0 aromatic heterocycles. The summed E-state index contributed by atoms with van der Waals surface area (Å²) in [6.45, 7) is -0.363. The number of nitro benzene ring substituents is 1. The summed E-state index contributed by atoms with van der Waals surface area (Å²) in [6, 6.07) is 9.08. The Balaban J connectivity index is 1.75. The molecular weight excluding hydrogens is 413 g/mol. The van der Waals surface area contributed by atoms with Crippen molar-refractivity contribution in [1.29, 1.82) is 0 Å². The number of piperazine rings is 1. The van der Waals surface area contributed by atoms with Crippen LogP contribution in [0.5, 0.6) is 0 Å². The summed E-state index contributed by atoms with van der Waals surface area (Å²) < 4.78 is 66.1. The van der Waals surface area contributed by atoms with E-state index in [1.54, 1.807) is 0 Å². The highest BCUT2D eigenvalue weighted by Crippen LogP contribution is 2.23. The Morgan fingerprint density at radius 3 is 1.79 bits per heavy atom. The van der Waals surface area contributed by atoms with E-state index in [1.807, 2.05) is 0 Å². The van der Waals surface area contributed by atoms with Crippen molar-refractivity contribution >= 4 is 25.7 Å². The highest BCUT2D eigenvalue weighted by atomic mass is 32.2. The second kappa shape index (κ2) is 7.54. The minimum atomic E-state index is -3.94. The number of nitrogens with zero attached hydrogens (tertiary/aromatic N) is 3. The van der Waals surface area contributed by atoms with Crippen molar-refractivity contribution in [3.63, 3.8) is 0 Å². The number of halogens is 1. The maximum absolute atomic E-state index is 13.3. The van der Waals surface area contributed by atoms with Crippen LogP contribution < -0.4 is 0 Å². The molecule has 0 atom stereocenters. The van der Waals surface area contributed by atoms with Crippen molar-refractivity contribution in [2.45, 2.75) is 9.79 Å². The van der Waals surface area contributed by atoms with Gasteiger partial charge >= 0.3 is 0 Å². The zero-order chi connectivity index (χ0) is 20.5.